The van der Waals surface area contributed by atoms with Crippen LogP contribution >= 0.6 is 0 Å². The maximum atomic E-state index is 2.59. The standard InChI is InChI=1S/C57H68N2/c1-3-5-7-9-11-13-15-29-43-57(44-30-16-14-12-10-8-6-4-2)55-45-51(58(47-31-21-17-22-32-47)48-33-23-18-24-34-48)39-41-53(55)54-42-40-52(46-56(54)57)59(49-35-25-19-26-36-49)50-37-27-20-28-38-50/h17-28,31-42,45-46H,3-16,29-30,43-44H2,1-2H3. The highest BCUT2D eigenvalue weighted by atomic mass is 15.1. The number of hydrogen-bond acceptors (Lipinski definition) is 2. The van der Waals surface area contributed by atoms with Crippen LogP contribution in [0, 0.1) is 0 Å². The van der Waals surface area contributed by atoms with Gasteiger partial charge in [-0.2, -0.15) is 0 Å². The third-order valence-electron chi connectivity index (χ3n) is 12.8. The Kier molecular flexibility index (Phi) is 15.5. The molecule has 0 saturated heterocycles. The van der Waals surface area contributed by atoms with Crippen LogP contribution < -0.4 is 9.80 Å². The zero-order chi connectivity index (χ0) is 40.5. The van der Waals surface area contributed by atoms with Gasteiger partial charge in [0.1, 0.15) is 0 Å². The molecule has 59 heavy (non-hydrogen) atoms. The van der Waals surface area contributed by atoms with Crippen LogP contribution in [0.3, 0.4) is 0 Å². The van der Waals surface area contributed by atoms with Crippen LogP contribution in [0.2, 0.25) is 0 Å². The number of hydrogen-bond donors (Lipinski definition) is 0. The zero-order valence-electron chi connectivity index (χ0n) is 36.1. The summed E-state index contributed by atoms with van der Waals surface area (Å²) in [6.07, 6.45) is 23.7. The third kappa shape index (κ3) is 10.4. The lowest BCUT2D eigenvalue weighted by Gasteiger charge is -2.35. The number of rotatable bonds is 24. The summed E-state index contributed by atoms with van der Waals surface area (Å²) in [4.78, 5) is 4.91. The summed E-state index contributed by atoms with van der Waals surface area (Å²) < 4.78 is 0. The predicted molar refractivity (Wildman–Crippen MR) is 256 cm³/mol. The van der Waals surface area contributed by atoms with Gasteiger partial charge in [0.15, 0.2) is 0 Å². The third-order valence-corrected chi connectivity index (χ3v) is 12.8. The molecule has 0 radical (unpaired) electrons. The average molecular weight is 781 g/mol. The monoisotopic (exact) mass is 781 g/mol. The van der Waals surface area contributed by atoms with E-state index in [1.54, 1.807) is 0 Å². The molecule has 0 saturated carbocycles. The van der Waals surface area contributed by atoms with Gasteiger partial charge in [0.05, 0.1) is 0 Å². The highest BCUT2D eigenvalue weighted by Crippen LogP contribution is 2.57. The fraction of sp³-hybridized carbons (Fsp3) is 0.368. The van der Waals surface area contributed by atoms with E-state index in [4.69, 9.17) is 0 Å². The van der Waals surface area contributed by atoms with Crippen LogP contribution in [-0.2, 0) is 5.41 Å². The molecule has 2 heteroatoms. The van der Waals surface area contributed by atoms with E-state index in [0.29, 0.717) is 0 Å². The second-order valence-corrected chi connectivity index (χ2v) is 17.0. The second kappa shape index (κ2) is 21.8. The van der Waals surface area contributed by atoms with Gasteiger partial charge in [-0.3, -0.25) is 0 Å². The van der Waals surface area contributed by atoms with Gasteiger partial charge in [-0.05, 0) is 108 Å². The van der Waals surface area contributed by atoms with Crippen LogP contribution in [-0.4, -0.2) is 0 Å². The van der Waals surface area contributed by atoms with Crippen molar-refractivity contribution in [2.75, 3.05) is 9.80 Å². The Morgan fingerprint density at radius 3 is 0.898 bits per heavy atom. The van der Waals surface area contributed by atoms with E-state index in [1.165, 1.54) is 172 Å². The molecule has 0 aromatic heterocycles. The summed E-state index contributed by atoms with van der Waals surface area (Å²) in [7, 11) is 0. The van der Waals surface area contributed by atoms with E-state index in [2.05, 4.69) is 181 Å². The molecule has 0 aliphatic heterocycles. The lowest BCUT2D eigenvalue weighted by Crippen LogP contribution is -2.26. The van der Waals surface area contributed by atoms with Crippen LogP contribution in [0.5, 0.6) is 0 Å². The summed E-state index contributed by atoms with van der Waals surface area (Å²) >= 11 is 0. The predicted octanol–water partition coefficient (Wildman–Crippen LogP) is 18.0. The minimum absolute atomic E-state index is 0.0702. The summed E-state index contributed by atoms with van der Waals surface area (Å²) in [6.45, 7) is 4.63. The summed E-state index contributed by atoms with van der Waals surface area (Å²) in [5.74, 6) is 0. The van der Waals surface area contributed by atoms with Crippen LogP contribution in [0.4, 0.5) is 34.1 Å². The van der Waals surface area contributed by atoms with E-state index in [0.717, 1.165) is 0 Å². The molecule has 0 atom stereocenters. The molecule has 0 unspecified atom stereocenters. The fourth-order valence-corrected chi connectivity index (χ4v) is 9.74. The van der Waals surface area contributed by atoms with E-state index in [-0.39, 0.29) is 5.41 Å². The molecule has 0 spiro atoms. The van der Waals surface area contributed by atoms with Gasteiger partial charge in [-0.1, -0.05) is 202 Å². The van der Waals surface area contributed by atoms with Crippen molar-refractivity contribution >= 4 is 34.1 Å². The maximum absolute atomic E-state index is 2.59. The topological polar surface area (TPSA) is 6.48 Å². The van der Waals surface area contributed by atoms with Gasteiger partial charge in [0.25, 0.3) is 0 Å². The Hall–Kier alpha value is -5.08. The number of anilines is 6. The lowest BCUT2D eigenvalue weighted by atomic mass is 9.70. The molecule has 1 aliphatic carbocycles. The number of nitrogens with zero attached hydrogens (tertiary/aromatic N) is 2. The van der Waals surface area contributed by atoms with Gasteiger partial charge in [0.2, 0.25) is 0 Å². The van der Waals surface area contributed by atoms with Gasteiger partial charge in [-0.25, -0.2) is 0 Å². The summed E-state index contributed by atoms with van der Waals surface area (Å²) in [6, 6.07) is 58.6. The molecule has 1 aliphatic rings. The average Bonchev–Trinajstić information content (AvgIpc) is 3.55. The molecule has 0 N–H and O–H groups in total. The number of para-hydroxylation sites is 4. The summed E-state index contributed by atoms with van der Waals surface area (Å²) in [5, 5.41) is 0. The van der Waals surface area contributed by atoms with Gasteiger partial charge in [0, 0.05) is 39.5 Å². The summed E-state index contributed by atoms with van der Waals surface area (Å²) in [5.41, 5.74) is 13.0. The molecule has 6 aromatic rings. The van der Waals surface area contributed by atoms with Crippen LogP contribution in [0.1, 0.15) is 141 Å². The molecule has 306 valence electrons. The Balaban J connectivity index is 1.32. The van der Waals surface area contributed by atoms with Gasteiger partial charge in [-0.15, -0.1) is 0 Å². The Morgan fingerprint density at radius 2 is 0.593 bits per heavy atom. The molecule has 6 aromatic carbocycles. The minimum Gasteiger partial charge on any atom is -0.310 e. The first-order valence-corrected chi connectivity index (χ1v) is 23.3. The van der Waals surface area contributed by atoms with Crippen molar-refractivity contribution in [3.8, 4) is 11.1 Å². The minimum atomic E-state index is -0.0702. The Morgan fingerprint density at radius 1 is 0.305 bits per heavy atom. The van der Waals surface area contributed by atoms with Crippen molar-refractivity contribution in [3.63, 3.8) is 0 Å². The lowest BCUT2D eigenvalue weighted by molar-refractivity contribution is 0.397. The molecule has 7 rings (SSSR count). The van der Waals surface area contributed by atoms with E-state index < -0.39 is 0 Å². The highest BCUT2D eigenvalue weighted by Gasteiger charge is 2.43. The van der Waals surface area contributed by atoms with Gasteiger partial charge >= 0.3 is 0 Å². The van der Waals surface area contributed by atoms with Crippen molar-refractivity contribution in [2.45, 2.75) is 135 Å². The van der Waals surface area contributed by atoms with Crippen LogP contribution in [0.25, 0.3) is 11.1 Å². The first kappa shape index (κ1) is 42.1. The number of benzene rings is 6. The van der Waals surface area contributed by atoms with Crippen molar-refractivity contribution in [3.05, 3.63) is 169 Å². The molecule has 0 bridgehead atoms. The van der Waals surface area contributed by atoms with E-state index >= 15 is 0 Å². The molecule has 0 fully saturated rings. The van der Waals surface area contributed by atoms with Crippen molar-refractivity contribution < 1.29 is 0 Å². The Labute approximate surface area is 357 Å². The molecule has 0 heterocycles. The van der Waals surface area contributed by atoms with Crippen molar-refractivity contribution in [2.24, 2.45) is 0 Å². The van der Waals surface area contributed by atoms with E-state index in [9.17, 15) is 0 Å². The van der Waals surface area contributed by atoms with Crippen molar-refractivity contribution in [1.29, 1.82) is 0 Å². The van der Waals surface area contributed by atoms with Crippen LogP contribution in [0.15, 0.2) is 158 Å². The zero-order valence-corrected chi connectivity index (χ0v) is 36.1. The second-order valence-electron chi connectivity index (χ2n) is 17.0. The molecular formula is C57H68N2. The van der Waals surface area contributed by atoms with E-state index in [1.807, 2.05) is 0 Å². The normalized spacial score (nSPS) is 12.6. The first-order chi connectivity index (χ1) is 29.2. The molecular weight excluding hydrogens is 713 g/mol. The molecule has 0 amide bonds. The maximum Gasteiger partial charge on any atom is 0.0465 e. The Bertz CT molecular complexity index is 1870. The largest absolute Gasteiger partial charge is 0.310 e. The fourth-order valence-electron chi connectivity index (χ4n) is 9.74. The van der Waals surface area contributed by atoms with Crippen molar-refractivity contribution in [1.82, 2.24) is 0 Å². The SMILES string of the molecule is CCCCCCCCCCC1(CCCCCCCCCC)c2cc(N(c3ccccc3)c3ccccc3)ccc2-c2ccc(N(c3ccccc3)c3ccccc3)cc21. The number of fused-ring (bicyclic) bond motifs is 3. The smallest absolute Gasteiger partial charge is 0.0465 e. The molecule has 2 nitrogen and oxygen atoms in total. The first-order valence-electron chi connectivity index (χ1n) is 23.3. The number of unbranched alkanes of at least 4 members (excludes halogenated alkanes) is 14. The van der Waals surface area contributed by atoms with Gasteiger partial charge < -0.3 is 9.80 Å². The highest BCUT2D eigenvalue weighted by molar-refractivity contribution is 5.88. The quantitative estimate of drug-likeness (QED) is 0.0565.